The average Bonchev–Trinajstić information content (AvgIpc) is 2.46. The zero-order valence-electron chi connectivity index (χ0n) is 11.1. The Kier molecular flexibility index (Phi) is 4.76. The fourth-order valence-corrected chi connectivity index (χ4v) is 2.40. The third-order valence-corrected chi connectivity index (χ3v) is 3.51. The Hall–Kier alpha value is -1.42. The van der Waals surface area contributed by atoms with Crippen LogP contribution in [0.1, 0.15) is 17.2 Å². The number of methoxy groups -OCH3 is 2. The van der Waals surface area contributed by atoms with Crippen molar-refractivity contribution in [1.29, 1.82) is 0 Å². The highest BCUT2D eigenvalue weighted by molar-refractivity contribution is 6.35. The van der Waals surface area contributed by atoms with E-state index in [1.807, 2.05) is 0 Å². The van der Waals surface area contributed by atoms with Crippen molar-refractivity contribution in [3.05, 3.63) is 57.6 Å². The van der Waals surface area contributed by atoms with Crippen molar-refractivity contribution in [2.45, 2.75) is 6.10 Å². The van der Waals surface area contributed by atoms with Crippen LogP contribution in [0.5, 0.6) is 11.5 Å². The summed E-state index contributed by atoms with van der Waals surface area (Å²) in [6.07, 6.45) is -0.885. The largest absolute Gasteiger partial charge is 0.497 e. The SMILES string of the molecule is COc1cc(OC)cc(C(O)c2ccc(Cl)cc2Cl)c1. The minimum absolute atomic E-state index is 0.409. The highest BCUT2D eigenvalue weighted by Crippen LogP contribution is 2.33. The van der Waals surface area contributed by atoms with Crippen molar-refractivity contribution >= 4 is 23.2 Å². The number of hydrogen-bond acceptors (Lipinski definition) is 3. The molecule has 0 aliphatic heterocycles. The van der Waals surface area contributed by atoms with Gasteiger partial charge in [0, 0.05) is 21.7 Å². The summed E-state index contributed by atoms with van der Waals surface area (Å²) in [4.78, 5) is 0. The number of aliphatic hydroxyl groups excluding tert-OH is 1. The lowest BCUT2D eigenvalue weighted by atomic mass is 10.0. The first kappa shape index (κ1) is 15.0. The first-order chi connectivity index (χ1) is 9.55. The van der Waals surface area contributed by atoms with Gasteiger partial charge in [0.15, 0.2) is 0 Å². The van der Waals surface area contributed by atoms with Crippen molar-refractivity contribution < 1.29 is 14.6 Å². The van der Waals surface area contributed by atoms with E-state index in [4.69, 9.17) is 32.7 Å². The summed E-state index contributed by atoms with van der Waals surface area (Å²) >= 11 is 12.0. The fraction of sp³-hybridized carbons (Fsp3) is 0.200. The van der Waals surface area contributed by atoms with Crippen LogP contribution in [0, 0.1) is 0 Å². The van der Waals surface area contributed by atoms with E-state index in [1.54, 1.807) is 50.6 Å². The first-order valence-corrected chi connectivity index (χ1v) is 6.66. The van der Waals surface area contributed by atoms with Crippen LogP contribution < -0.4 is 9.47 Å². The summed E-state index contributed by atoms with van der Waals surface area (Å²) in [6.45, 7) is 0. The van der Waals surface area contributed by atoms with Gasteiger partial charge in [0.2, 0.25) is 0 Å². The third-order valence-electron chi connectivity index (χ3n) is 2.95. The molecule has 20 heavy (non-hydrogen) atoms. The van der Waals surface area contributed by atoms with Gasteiger partial charge in [-0.2, -0.15) is 0 Å². The van der Waals surface area contributed by atoms with Gasteiger partial charge in [-0.1, -0.05) is 29.3 Å². The van der Waals surface area contributed by atoms with Crippen molar-refractivity contribution in [3.8, 4) is 11.5 Å². The van der Waals surface area contributed by atoms with Gasteiger partial charge >= 0.3 is 0 Å². The molecule has 2 aromatic rings. The second kappa shape index (κ2) is 6.35. The van der Waals surface area contributed by atoms with Gasteiger partial charge in [-0.05, 0) is 29.8 Å². The molecule has 0 saturated heterocycles. The fourth-order valence-electron chi connectivity index (χ4n) is 1.89. The van der Waals surface area contributed by atoms with Crippen molar-refractivity contribution in [2.75, 3.05) is 14.2 Å². The molecule has 0 aliphatic rings. The van der Waals surface area contributed by atoms with Crippen molar-refractivity contribution in [3.63, 3.8) is 0 Å². The Morgan fingerprint density at radius 2 is 1.55 bits per heavy atom. The van der Waals surface area contributed by atoms with Crippen molar-refractivity contribution in [1.82, 2.24) is 0 Å². The molecule has 0 radical (unpaired) electrons. The minimum Gasteiger partial charge on any atom is -0.497 e. The number of ether oxygens (including phenoxy) is 2. The molecule has 1 atom stereocenters. The van der Waals surface area contributed by atoms with E-state index < -0.39 is 6.10 Å². The zero-order valence-corrected chi connectivity index (χ0v) is 12.6. The molecular formula is C15H14Cl2O3. The summed E-state index contributed by atoms with van der Waals surface area (Å²) in [6, 6.07) is 10.2. The van der Waals surface area contributed by atoms with Gasteiger partial charge in [-0.3, -0.25) is 0 Å². The predicted molar refractivity (Wildman–Crippen MR) is 80.1 cm³/mol. The van der Waals surface area contributed by atoms with E-state index >= 15 is 0 Å². The smallest absolute Gasteiger partial charge is 0.122 e. The highest BCUT2D eigenvalue weighted by atomic mass is 35.5. The Bertz CT molecular complexity index is 592. The van der Waals surface area contributed by atoms with Gasteiger partial charge in [0.05, 0.1) is 14.2 Å². The Morgan fingerprint density at radius 3 is 2.05 bits per heavy atom. The van der Waals surface area contributed by atoms with Crippen LogP contribution in [0.3, 0.4) is 0 Å². The van der Waals surface area contributed by atoms with Crippen LogP contribution in [0.15, 0.2) is 36.4 Å². The second-order valence-electron chi connectivity index (χ2n) is 4.21. The Morgan fingerprint density at radius 1 is 0.950 bits per heavy atom. The maximum absolute atomic E-state index is 10.5. The standard InChI is InChI=1S/C15H14Cl2O3/c1-19-11-5-9(6-12(8-11)20-2)15(18)13-4-3-10(16)7-14(13)17/h3-8,15,18H,1-2H3. The van der Waals surface area contributed by atoms with Crippen LogP contribution in [0.25, 0.3) is 0 Å². The number of benzene rings is 2. The lowest BCUT2D eigenvalue weighted by Gasteiger charge is -2.15. The molecule has 0 heterocycles. The van der Waals surface area contributed by atoms with Crippen LogP contribution in [0.4, 0.5) is 0 Å². The molecule has 0 spiro atoms. The van der Waals surface area contributed by atoms with Crippen molar-refractivity contribution in [2.24, 2.45) is 0 Å². The van der Waals surface area contributed by atoms with Gasteiger partial charge in [0.1, 0.15) is 17.6 Å². The Labute approximate surface area is 127 Å². The second-order valence-corrected chi connectivity index (χ2v) is 5.06. The number of aliphatic hydroxyl groups is 1. The minimum atomic E-state index is -0.885. The molecule has 3 nitrogen and oxygen atoms in total. The molecule has 106 valence electrons. The molecular weight excluding hydrogens is 299 g/mol. The maximum Gasteiger partial charge on any atom is 0.122 e. The molecule has 2 rings (SSSR count). The number of halogens is 2. The number of rotatable bonds is 4. The third kappa shape index (κ3) is 3.18. The van der Waals surface area contributed by atoms with Crippen LogP contribution in [-0.2, 0) is 0 Å². The average molecular weight is 313 g/mol. The first-order valence-electron chi connectivity index (χ1n) is 5.91. The molecule has 0 amide bonds. The quantitative estimate of drug-likeness (QED) is 0.924. The molecule has 2 aromatic carbocycles. The Balaban J connectivity index is 2.44. The summed E-state index contributed by atoms with van der Waals surface area (Å²) in [7, 11) is 3.11. The van der Waals surface area contributed by atoms with E-state index in [0.717, 1.165) is 0 Å². The predicted octanol–water partition coefficient (Wildman–Crippen LogP) is 4.09. The van der Waals surface area contributed by atoms with Gasteiger partial charge in [0.25, 0.3) is 0 Å². The molecule has 0 fully saturated rings. The van der Waals surface area contributed by atoms with Gasteiger partial charge in [-0.25, -0.2) is 0 Å². The summed E-state index contributed by atoms with van der Waals surface area (Å²) in [5.74, 6) is 1.20. The number of hydrogen-bond donors (Lipinski definition) is 1. The van der Waals surface area contributed by atoms with E-state index in [2.05, 4.69) is 0 Å². The van der Waals surface area contributed by atoms with Gasteiger partial charge in [-0.15, -0.1) is 0 Å². The van der Waals surface area contributed by atoms with E-state index in [1.165, 1.54) is 0 Å². The molecule has 5 heteroatoms. The summed E-state index contributed by atoms with van der Waals surface area (Å²) in [5.41, 5.74) is 1.21. The topological polar surface area (TPSA) is 38.7 Å². The van der Waals surface area contributed by atoms with Crippen LogP contribution in [-0.4, -0.2) is 19.3 Å². The van der Waals surface area contributed by atoms with E-state index in [0.29, 0.717) is 32.7 Å². The lowest BCUT2D eigenvalue weighted by molar-refractivity contribution is 0.219. The monoisotopic (exact) mass is 312 g/mol. The summed E-state index contributed by atoms with van der Waals surface area (Å²) < 4.78 is 10.4. The van der Waals surface area contributed by atoms with Crippen LogP contribution in [0.2, 0.25) is 10.0 Å². The molecule has 1 N–H and O–H groups in total. The molecule has 0 bridgehead atoms. The normalized spacial score (nSPS) is 12.1. The van der Waals surface area contributed by atoms with E-state index in [-0.39, 0.29) is 0 Å². The highest BCUT2D eigenvalue weighted by Gasteiger charge is 2.16. The zero-order chi connectivity index (χ0) is 14.7. The van der Waals surface area contributed by atoms with Crippen LogP contribution >= 0.6 is 23.2 Å². The maximum atomic E-state index is 10.5. The lowest BCUT2D eigenvalue weighted by Crippen LogP contribution is -2.02. The molecule has 0 saturated carbocycles. The van der Waals surface area contributed by atoms with E-state index in [9.17, 15) is 5.11 Å². The molecule has 0 aliphatic carbocycles. The van der Waals surface area contributed by atoms with Gasteiger partial charge < -0.3 is 14.6 Å². The summed E-state index contributed by atoms with van der Waals surface area (Å²) in [5, 5.41) is 11.4. The molecule has 0 aromatic heterocycles. The molecule has 1 unspecified atom stereocenters.